The van der Waals surface area contributed by atoms with Crippen molar-refractivity contribution in [3.05, 3.63) is 83.4 Å². The fourth-order valence-corrected chi connectivity index (χ4v) is 3.32. The molecule has 1 aliphatic heterocycles. The Balaban J connectivity index is 1.87. The number of hydrogen-bond acceptors (Lipinski definition) is 1. The predicted octanol–water partition coefficient (Wildman–Crippen LogP) is 2.79. The summed E-state index contributed by atoms with van der Waals surface area (Å²) in [5.41, 5.74) is 4.13. The Morgan fingerprint density at radius 1 is 1.13 bits per heavy atom. The largest absolute Gasteiger partial charge is 0.497 e. The maximum atomic E-state index is 14.5. The van der Waals surface area contributed by atoms with Gasteiger partial charge < -0.3 is 14.6 Å². The second-order valence-electron chi connectivity index (χ2n) is 5.74. The van der Waals surface area contributed by atoms with E-state index in [2.05, 4.69) is 28.1 Å². The van der Waals surface area contributed by atoms with Crippen LogP contribution in [0, 0.1) is 5.82 Å². The molecule has 0 amide bonds. The quantitative estimate of drug-likeness (QED) is 0.775. The average molecular weight is 309 g/mol. The summed E-state index contributed by atoms with van der Waals surface area (Å²) in [6, 6.07) is 17.2. The van der Waals surface area contributed by atoms with Gasteiger partial charge in [-0.05, 0) is 36.4 Å². The van der Waals surface area contributed by atoms with Gasteiger partial charge in [0.1, 0.15) is 18.1 Å². The van der Waals surface area contributed by atoms with Gasteiger partial charge in [-0.1, -0.05) is 18.2 Å². The van der Waals surface area contributed by atoms with Gasteiger partial charge in [-0.3, -0.25) is 0 Å². The summed E-state index contributed by atoms with van der Waals surface area (Å²) >= 11 is 0. The molecule has 4 heteroatoms. The van der Waals surface area contributed by atoms with Crippen LogP contribution in [0.2, 0.25) is 0 Å². The average Bonchev–Trinajstić information content (AvgIpc) is 3.00. The smallest absolute Gasteiger partial charge is 0.156 e. The summed E-state index contributed by atoms with van der Waals surface area (Å²) in [4.78, 5) is 0. The highest BCUT2D eigenvalue weighted by Crippen LogP contribution is 2.29. The fourth-order valence-electron chi connectivity index (χ4n) is 3.32. The van der Waals surface area contributed by atoms with E-state index < -0.39 is 0 Å². The number of nitrogens with two attached hydrogens (primary N) is 1. The molecule has 2 heterocycles. The summed E-state index contributed by atoms with van der Waals surface area (Å²) in [6.07, 6.45) is 2.04. The number of methoxy groups -OCH3 is 1. The molecule has 23 heavy (non-hydrogen) atoms. The highest BCUT2D eigenvalue weighted by Gasteiger charge is 2.28. The van der Waals surface area contributed by atoms with Gasteiger partial charge in [0.05, 0.1) is 24.1 Å². The van der Waals surface area contributed by atoms with Gasteiger partial charge in [0.15, 0.2) is 6.04 Å². The zero-order chi connectivity index (χ0) is 15.8. The lowest BCUT2D eigenvalue weighted by Crippen LogP contribution is -2.83. The minimum atomic E-state index is -0.203. The van der Waals surface area contributed by atoms with Gasteiger partial charge in [0.25, 0.3) is 0 Å². The topological polar surface area (TPSA) is 30.8 Å². The SMILES string of the molecule is COc1ccc(F)c(C2[NH2+]Cc3ccccc3-n3cccc32)c1. The third-order valence-electron chi connectivity index (χ3n) is 4.46. The zero-order valence-corrected chi connectivity index (χ0v) is 12.9. The lowest BCUT2D eigenvalue weighted by Gasteiger charge is -2.16. The highest BCUT2D eigenvalue weighted by atomic mass is 19.1. The second-order valence-corrected chi connectivity index (χ2v) is 5.74. The van der Waals surface area contributed by atoms with Crippen LogP contribution in [0.3, 0.4) is 0 Å². The van der Waals surface area contributed by atoms with Crippen LogP contribution in [0.5, 0.6) is 5.75 Å². The number of ether oxygens (including phenoxy) is 1. The second kappa shape index (κ2) is 5.56. The number of benzene rings is 2. The molecule has 0 radical (unpaired) electrons. The van der Waals surface area contributed by atoms with Crippen molar-refractivity contribution in [3.63, 3.8) is 0 Å². The molecule has 0 saturated heterocycles. The van der Waals surface area contributed by atoms with E-state index in [1.54, 1.807) is 19.2 Å². The van der Waals surface area contributed by atoms with Crippen LogP contribution in [0.25, 0.3) is 5.69 Å². The maximum absolute atomic E-state index is 14.5. The molecule has 0 spiro atoms. The predicted molar refractivity (Wildman–Crippen MR) is 86.2 cm³/mol. The summed E-state index contributed by atoms with van der Waals surface area (Å²) < 4.78 is 21.9. The van der Waals surface area contributed by atoms with Crippen molar-refractivity contribution in [1.29, 1.82) is 0 Å². The van der Waals surface area contributed by atoms with E-state index in [1.165, 1.54) is 11.6 Å². The number of halogens is 1. The molecular weight excluding hydrogens is 291 g/mol. The molecule has 1 atom stereocenters. The Morgan fingerprint density at radius 2 is 2.00 bits per heavy atom. The van der Waals surface area contributed by atoms with Gasteiger partial charge in [0, 0.05) is 11.8 Å². The van der Waals surface area contributed by atoms with Crippen LogP contribution in [0.15, 0.2) is 60.8 Å². The number of nitrogens with zero attached hydrogens (tertiary/aromatic N) is 1. The van der Waals surface area contributed by atoms with E-state index in [-0.39, 0.29) is 11.9 Å². The number of rotatable bonds is 2. The van der Waals surface area contributed by atoms with Crippen LogP contribution in [-0.4, -0.2) is 11.7 Å². The molecule has 2 aromatic carbocycles. The lowest BCUT2D eigenvalue weighted by molar-refractivity contribution is -0.702. The zero-order valence-electron chi connectivity index (χ0n) is 12.9. The standard InChI is InChI=1S/C19H17FN2O/c1-23-14-8-9-16(20)15(11-14)19-18-7-4-10-22(18)17-6-3-2-5-13(17)12-21-19/h2-11,19,21H,12H2,1H3/p+1. The molecule has 116 valence electrons. The normalized spacial score (nSPS) is 16.3. The lowest BCUT2D eigenvalue weighted by atomic mass is 10.0. The molecule has 1 aliphatic rings. The number of aromatic nitrogens is 1. The van der Waals surface area contributed by atoms with Crippen molar-refractivity contribution < 1.29 is 14.4 Å². The molecule has 2 N–H and O–H groups in total. The van der Waals surface area contributed by atoms with Crippen molar-refractivity contribution in [3.8, 4) is 11.4 Å². The Morgan fingerprint density at radius 3 is 2.87 bits per heavy atom. The molecule has 3 nitrogen and oxygen atoms in total. The van der Waals surface area contributed by atoms with Crippen molar-refractivity contribution >= 4 is 0 Å². The minimum absolute atomic E-state index is 0.104. The first kappa shape index (κ1) is 14.0. The molecule has 3 aromatic rings. The number of fused-ring (bicyclic) bond motifs is 3. The molecule has 0 saturated carbocycles. The van der Waals surface area contributed by atoms with Crippen molar-refractivity contribution in [1.82, 2.24) is 4.57 Å². The van der Waals surface area contributed by atoms with Crippen LogP contribution >= 0.6 is 0 Å². The summed E-state index contributed by atoms with van der Waals surface area (Å²) in [6.45, 7) is 0.805. The third kappa shape index (κ3) is 2.32. The molecule has 1 aromatic heterocycles. The molecule has 0 fully saturated rings. The molecule has 0 bridgehead atoms. The van der Waals surface area contributed by atoms with Gasteiger partial charge in [-0.15, -0.1) is 0 Å². The summed E-state index contributed by atoms with van der Waals surface area (Å²) in [5.74, 6) is 0.473. The molecule has 4 rings (SSSR count). The number of hydrogen-bond donors (Lipinski definition) is 1. The molecular formula is C19H18FN2O+. The van der Waals surface area contributed by atoms with Gasteiger partial charge >= 0.3 is 0 Å². The number of quaternary nitrogens is 1. The fraction of sp³-hybridized carbons (Fsp3) is 0.158. The van der Waals surface area contributed by atoms with Crippen LogP contribution in [-0.2, 0) is 6.54 Å². The van der Waals surface area contributed by atoms with Crippen LogP contribution in [0.4, 0.5) is 4.39 Å². The summed E-state index contributed by atoms with van der Waals surface area (Å²) in [5, 5.41) is 2.18. The first-order valence-electron chi connectivity index (χ1n) is 7.70. The highest BCUT2D eigenvalue weighted by molar-refractivity contribution is 5.45. The minimum Gasteiger partial charge on any atom is -0.497 e. The number of para-hydroxylation sites is 1. The Labute approximate surface area is 134 Å². The molecule has 1 unspecified atom stereocenters. The van der Waals surface area contributed by atoms with Gasteiger partial charge in [-0.2, -0.15) is 0 Å². The Kier molecular flexibility index (Phi) is 3.39. The van der Waals surface area contributed by atoms with E-state index >= 15 is 0 Å². The first-order valence-corrected chi connectivity index (χ1v) is 7.70. The van der Waals surface area contributed by atoms with Crippen molar-refractivity contribution in [2.24, 2.45) is 0 Å². The van der Waals surface area contributed by atoms with Gasteiger partial charge in [-0.25, -0.2) is 4.39 Å². The van der Waals surface area contributed by atoms with E-state index in [4.69, 9.17) is 4.74 Å². The van der Waals surface area contributed by atoms with Crippen LogP contribution < -0.4 is 10.1 Å². The van der Waals surface area contributed by atoms with Crippen molar-refractivity contribution in [2.75, 3.05) is 7.11 Å². The Hall–Kier alpha value is -2.59. The van der Waals surface area contributed by atoms with E-state index in [0.29, 0.717) is 11.3 Å². The van der Waals surface area contributed by atoms with E-state index in [9.17, 15) is 4.39 Å². The molecule has 0 aliphatic carbocycles. The monoisotopic (exact) mass is 309 g/mol. The first-order chi connectivity index (χ1) is 11.3. The van der Waals surface area contributed by atoms with E-state index in [1.807, 2.05) is 24.4 Å². The van der Waals surface area contributed by atoms with Gasteiger partial charge in [0.2, 0.25) is 0 Å². The van der Waals surface area contributed by atoms with E-state index in [0.717, 1.165) is 17.9 Å². The maximum Gasteiger partial charge on any atom is 0.156 e. The van der Waals surface area contributed by atoms with Crippen LogP contribution in [0.1, 0.15) is 22.9 Å². The third-order valence-corrected chi connectivity index (χ3v) is 4.46. The Bertz CT molecular complexity index is 856. The van der Waals surface area contributed by atoms with Crippen molar-refractivity contribution in [2.45, 2.75) is 12.6 Å². The summed E-state index contributed by atoms with van der Waals surface area (Å²) in [7, 11) is 1.60.